The molecule has 2 aromatic rings. The molecule has 1 aromatic carbocycles. The zero-order valence-corrected chi connectivity index (χ0v) is 26.3. The van der Waals surface area contributed by atoms with Crippen molar-refractivity contribution in [3.05, 3.63) is 67.6 Å². The summed E-state index contributed by atoms with van der Waals surface area (Å²) in [7, 11) is 1.22. The second-order valence-electron chi connectivity index (χ2n) is 10.7. The van der Waals surface area contributed by atoms with Crippen molar-refractivity contribution < 1.29 is 33.7 Å². The van der Waals surface area contributed by atoms with E-state index in [0.29, 0.717) is 65.7 Å². The molecule has 2 atom stereocenters. The molecule has 1 aliphatic rings. The number of rotatable bonds is 16. The number of hydrogen-bond acceptors (Lipinski definition) is 9. The Morgan fingerprint density at radius 2 is 1.93 bits per heavy atom. The maximum Gasteiger partial charge on any atom is 0.374 e. The number of carbonyl (C=O) groups is 2. The maximum atomic E-state index is 13.7. The molecule has 0 spiro atoms. The third-order valence-electron chi connectivity index (χ3n) is 7.47. The van der Waals surface area contributed by atoms with Crippen LogP contribution < -0.4 is 20.8 Å². The normalized spacial score (nSPS) is 14.0. The standard InChI is InChI=1S/C34H42O8S/c1-5-7-14-27(36)24(30-32(38)26-16-15-22(43)20-29(26)42-33(30)34(39)40-4)13-10-8-9-11-19-41-28-18-17-23(21(3)35)31(37)25(28)12-6-2/h10,13,16-18,20,24,27,36-37H,5-9,11-12,14-15,19H2,1-4H3/b13-10-/t24-,27-/m1/s1. The molecule has 9 heteroatoms. The highest BCUT2D eigenvalue weighted by atomic mass is 32.1. The number of phenols is 1. The van der Waals surface area contributed by atoms with E-state index in [-0.39, 0.29) is 33.7 Å². The van der Waals surface area contributed by atoms with Crippen molar-refractivity contribution in [1.29, 1.82) is 0 Å². The second kappa shape index (κ2) is 16.3. The Balaban J connectivity index is 1.78. The number of esters is 1. The molecule has 0 unspecified atom stereocenters. The topological polar surface area (TPSA) is 123 Å². The lowest BCUT2D eigenvalue weighted by atomic mass is 9.88. The molecule has 1 heterocycles. The van der Waals surface area contributed by atoms with Crippen LogP contribution in [-0.4, -0.2) is 46.7 Å². The third kappa shape index (κ3) is 8.51. The quantitative estimate of drug-likeness (QED) is 0.0882. The van der Waals surface area contributed by atoms with Gasteiger partial charge in [0.2, 0.25) is 5.76 Å². The van der Waals surface area contributed by atoms with Crippen molar-refractivity contribution in [2.75, 3.05) is 13.7 Å². The van der Waals surface area contributed by atoms with Crippen LogP contribution in [0.4, 0.5) is 0 Å². The molecule has 1 aromatic heterocycles. The van der Waals surface area contributed by atoms with Crippen LogP contribution in [0.1, 0.15) is 110 Å². The lowest BCUT2D eigenvalue weighted by Gasteiger charge is -2.21. The van der Waals surface area contributed by atoms with Crippen LogP contribution in [-0.2, 0) is 11.2 Å². The second-order valence-corrected chi connectivity index (χ2v) is 11.2. The number of ether oxygens (including phenoxy) is 2. The van der Waals surface area contributed by atoms with Crippen LogP contribution in [0, 0.1) is 0 Å². The molecule has 43 heavy (non-hydrogen) atoms. The van der Waals surface area contributed by atoms with Gasteiger partial charge in [0.25, 0.3) is 0 Å². The average Bonchev–Trinajstić information content (AvgIpc) is 2.98. The summed E-state index contributed by atoms with van der Waals surface area (Å²) in [6.07, 6.45) is 12.1. The van der Waals surface area contributed by atoms with Crippen LogP contribution in [0.2, 0.25) is 0 Å². The van der Waals surface area contributed by atoms with Gasteiger partial charge in [0.1, 0.15) is 16.9 Å². The molecule has 0 radical (unpaired) electrons. The first-order chi connectivity index (χ1) is 20.6. The summed E-state index contributed by atoms with van der Waals surface area (Å²) in [5, 5.41) is 22.1. The van der Waals surface area contributed by atoms with E-state index >= 15 is 0 Å². The molecule has 232 valence electrons. The van der Waals surface area contributed by atoms with E-state index in [9.17, 15) is 24.6 Å². The van der Waals surface area contributed by atoms with Crippen LogP contribution in [0.15, 0.2) is 33.5 Å². The molecule has 8 nitrogen and oxygen atoms in total. The van der Waals surface area contributed by atoms with Gasteiger partial charge in [-0.15, -0.1) is 0 Å². The zero-order chi connectivity index (χ0) is 31.5. The van der Waals surface area contributed by atoms with Gasteiger partial charge in [-0.05, 0) is 57.2 Å². The highest BCUT2D eigenvalue weighted by Crippen LogP contribution is 2.33. The molecule has 0 amide bonds. The van der Waals surface area contributed by atoms with Crippen molar-refractivity contribution in [3.63, 3.8) is 0 Å². The molecule has 3 rings (SSSR count). The minimum absolute atomic E-state index is 0.0152. The number of aliphatic hydroxyl groups excluding tert-OH is 1. The molecule has 0 saturated carbocycles. The van der Waals surface area contributed by atoms with Crippen molar-refractivity contribution in [3.8, 4) is 11.5 Å². The summed E-state index contributed by atoms with van der Waals surface area (Å²) >= 11 is 5.25. The van der Waals surface area contributed by atoms with Crippen LogP contribution >= 0.6 is 12.2 Å². The first kappa shape index (κ1) is 33.9. The van der Waals surface area contributed by atoms with E-state index in [1.165, 1.54) is 14.0 Å². The number of unbranched alkanes of at least 4 members (excludes halogenated alkanes) is 3. The van der Waals surface area contributed by atoms with Gasteiger partial charge in [0.15, 0.2) is 11.2 Å². The van der Waals surface area contributed by atoms with Gasteiger partial charge in [0.05, 0.1) is 36.2 Å². The Labute approximate surface area is 257 Å². The van der Waals surface area contributed by atoms with E-state index in [1.54, 1.807) is 30.4 Å². The number of Topliss-reactive ketones (excluding diaryl/α,β-unsaturated/α-hetero) is 1. The fraction of sp³-hybridized carbons (Fsp3) is 0.471. The monoisotopic (exact) mass is 610 g/mol. The van der Waals surface area contributed by atoms with Gasteiger partial charge in [0, 0.05) is 22.8 Å². The molecule has 0 fully saturated rings. The predicted octanol–water partition coefficient (Wildman–Crippen LogP) is 5.06. The molecular formula is C34H42O8S. The number of thiocarbonyl (C=S) groups is 1. The number of aromatic hydroxyl groups is 1. The summed E-state index contributed by atoms with van der Waals surface area (Å²) in [5.41, 5.74) is 0.868. The van der Waals surface area contributed by atoms with Gasteiger partial charge in [-0.3, -0.25) is 9.59 Å². The lowest BCUT2D eigenvalue weighted by Crippen LogP contribution is -2.45. The predicted molar refractivity (Wildman–Crippen MR) is 171 cm³/mol. The Kier molecular flexibility index (Phi) is 12.9. The molecule has 0 saturated heterocycles. The summed E-state index contributed by atoms with van der Waals surface area (Å²) in [4.78, 5) is 38.8. The lowest BCUT2D eigenvalue weighted by molar-refractivity contribution is 0.0553. The summed E-state index contributed by atoms with van der Waals surface area (Å²) in [6, 6.07) is 3.32. The number of ketones is 1. The van der Waals surface area contributed by atoms with Gasteiger partial charge >= 0.3 is 5.97 Å². The number of hydrogen-bond donors (Lipinski definition) is 2. The Bertz CT molecular complexity index is 1530. The fourth-order valence-electron chi connectivity index (χ4n) is 5.16. The number of carbonyl (C=O) groups excluding carboxylic acids is 2. The summed E-state index contributed by atoms with van der Waals surface area (Å²) in [5.74, 6) is -1.41. The van der Waals surface area contributed by atoms with E-state index in [1.807, 2.05) is 19.9 Å². The van der Waals surface area contributed by atoms with Crippen molar-refractivity contribution in [2.45, 2.75) is 90.6 Å². The third-order valence-corrected chi connectivity index (χ3v) is 7.75. The van der Waals surface area contributed by atoms with Crippen LogP contribution in [0.5, 0.6) is 11.5 Å². The Morgan fingerprint density at radius 3 is 2.60 bits per heavy atom. The van der Waals surface area contributed by atoms with Gasteiger partial charge in [-0.2, -0.15) is 0 Å². The molecule has 0 aliphatic heterocycles. The largest absolute Gasteiger partial charge is 0.507 e. The Hall–Kier alpha value is -3.56. The average molecular weight is 611 g/mol. The number of benzene rings is 1. The van der Waals surface area contributed by atoms with Crippen LogP contribution in [0.3, 0.4) is 0 Å². The van der Waals surface area contributed by atoms with Crippen molar-refractivity contribution in [2.24, 2.45) is 0 Å². The molecule has 0 bridgehead atoms. The number of allylic oxidation sites excluding steroid dienone is 1. The number of methoxy groups -OCH3 is 1. The van der Waals surface area contributed by atoms with Crippen LogP contribution in [0.25, 0.3) is 12.2 Å². The van der Waals surface area contributed by atoms with E-state index in [4.69, 9.17) is 26.1 Å². The molecular weight excluding hydrogens is 568 g/mol. The first-order valence-corrected chi connectivity index (χ1v) is 15.4. The SMILES string of the molecule is CCCC[C@@H](O)[C@@H](/C=C\CCCCOc1ccc(C(C)=O)c(O)c1CCC)c1c(C(=O)OC)oc2c(c1=O)=CCC(=S)C=2. The summed E-state index contributed by atoms with van der Waals surface area (Å²) < 4.78 is 16.8. The highest BCUT2D eigenvalue weighted by molar-refractivity contribution is 7.81. The van der Waals surface area contributed by atoms with E-state index < -0.39 is 18.0 Å². The van der Waals surface area contributed by atoms with Gasteiger partial charge in [-0.25, -0.2) is 4.79 Å². The van der Waals surface area contributed by atoms with Gasteiger partial charge < -0.3 is 24.1 Å². The Morgan fingerprint density at radius 1 is 1.16 bits per heavy atom. The van der Waals surface area contributed by atoms with E-state index in [2.05, 4.69) is 0 Å². The number of fused-ring (bicyclic) bond motifs is 1. The number of aliphatic hydroxyl groups is 1. The number of phenolic OH excluding ortho intramolecular Hbond substituents is 1. The molecule has 2 N–H and O–H groups in total. The summed E-state index contributed by atoms with van der Waals surface area (Å²) in [6.45, 7) is 5.86. The smallest absolute Gasteiger partial charge is 0.374 e. The molecule has 1 aliphatic carbocycles. The van der Waals surface area contributed by atoms with Crippen molar-refractivity contribution in [1.82, 2.24) is 0 Å². The highest BCUT2D eigenvalue weighted by Gasteiger charge is 2.30. The van der Waals surface area contributed by atoms with Gasteiger partial charge in [-0.1, -0.05) is 63.6 Å². The first-order valence-electron chi connectivity index (χ1n) is 15.0. The zero-order valence-electron chi connectivity index (χ0n) is 25.4. The maximum absolute atomic E-state index is 13.7. The van der Waals surface area contributed by atoms with Crippen molar-refractivity contribution >= 4 is 41.0 Å². The van der Waals surface area contributed by atoms with E-state index in [0.717, 1.165) is 25.7 Å². The minimum Gasteiger partial charge on any atom is -0.507 e. The fourth-order valence-corrected chi connectivity index (χ4v) is 5.35. The minimum atomic E-state index is -0.903.